The van der Waals surface area contributed by atoms with E-state index >= 15 is 0 Å². The van der Waals surface area contributed by atoms with Crippen LogP contribution >= 0.6 is 0 Å². The van der Waals surface area contributed by atoms with Gasteiger partial charge in [0.25, 0.3) is 5.91 Å². The lowest BCUT2D eigenvalue weighted by Gasteiger charge is -2.41. The molecule has 1 atom stereocenters. The van der Waals surface area contributed by atoms with E-state index in [1.807, 2.05) is 41.0 Å². The first-order valence-electron chi connectivity index (χ1n) is 17.6. The zero-order valence-electron chi connectivity index (χ0n) is 28.0. The van der Waals surface area contributed by atoms with Gasteiger partial charge in [0.05, 0.1) is 18.9 Å². The Kier molecular flexibility index (Phi) is 9.90. The number of para-hydroxylation sites is 1. The van der Waals surface area contributed by atoms with Crippen molar-refractivity contribution >= 4 is 29.4 Å². The summed E-state index contributed by atoms with van der Waals surface area (Å²) >= 11 is 0. The molecule has 0 radical (unpaired) electrons. The van der Waals surface area contributed by atoms with Gasteiger partial charge in [-0.3, -0.25) is 9.69 Å². The third-order valence-corrected chi connectivity index (χ3v) is 10.6. The molecule has 12 heteroatoms. The zero-order chi connectivity index (χ0) is 33.0. The number of hydrogen-bond acceptors (Lipinski definition) is 8. The number of anilines is 2. The number of urea groups is 1. The Labute approximate surface area is 282 Å². The van der Waals surface area contributed by atoms with Crippen molar-refractivity contribution < 1.29 is 28.6 Å². The Morgan fingerprint density at radius 1 is 0.917 bits per heavy atom. The standard InChI is InChI=1S/C36H48N6O6/c1-25-22-26(23-31-33(25)37-11-19-47-31)24-32(34(43)40-12-7-28(8-13-40)39-17-20-46-21-18-39)48-36(45)41-14-9-29(10-15-41)42-16-6-27-4-2-3-5-30(27)38-35(42)44/h2-5,22-23,28-29,32,37H,6-21,24H2,1H3,(H,38,44)/t32-/m1/s1. The maximum atomic E-state index is 14.1. The summed E-state index contributed by atoms with van der Waals surface area (Å²) in [5, 5.41) is 6.46. The molecule has 2 aromatic rings. The second-order valence-electron chi connectivity index (χ2n) is 13.6. The van der Waals surface area contributed by atoms with E-state index in [2.05, 4.69) is 27.7 Å². The van der Waals surface area contributed by atoms with E-state index < -0.39 is 12.2 Å². The number of ether oxygens (including phenoxy) is 3. The molecule has 0 unspecified atom stereocenters. The molecule has 2 aromatic carbocycles. The molecule has 2 N–H and O–H groups in total. The fourth-order valence-electron chi connectivity index (χ4n) is 7.91. The topological polar surface area (TPSA) is 116 Å². The predicted molar refractivity (Wildman–Crippen MR) is 182 cm³/mol. The van der Waals surface area contributed by atoms with Crippen LogP contribution in [0.2, 0.25) is 0 Å². The highest BCUT2D eigenvalue weighted by Crippen LogP contribution is 2.33. The van der Waals surface area contributed by atoms with E-state index in [4.69, 9.17) is 14.2 Å². The van der Waals surface area contributed by atoms with Gasteiger partial charge in [-0.15, -0.1) is 0 Å². The van der Waals surface area contributed by atoms with Gasteiger partial charge < -0.3 is 39.5 Å². The molecular formula is C36H48N6O6. The van der Waals surface area contributed by atoms with Crippen molar-refractivity contribution in [2.45, 2.75) is 63.6 Å². The van der Waals surface area contributed by atoms with Gasteiger partial charge in [0, 0.05) is 76.5 Å². The third kappa shape index (κ3) is 7.19. The first kappa shape index (κ1) is 32.5. The van der Waals surface area contributed by atoms with Crippen LogP contribution < -0.4 is 15.4 Å². The van der Waals surface area contributed by atoms with Gasteiger partial charge in [0.2, 0.25) is 0 Å². The number of benzene rings is 2. The number of hydrogen-bond donors (Lipinski definition) is 2. The summed E-state index contributed by atoms with van der Waals surface area (Å²) in [6.45, 7) is 9.56. The molecule has 3 fully saturated rings. The van der Waals surface area contributed by atoms with Crippen LogP contribution in [0.25, 0.3) is 0 Å². The molecular weight excluding hydrogens is 612 g/mol. The van der Waals surface area contributed by atoms with E-state index in [1.165, 1.54) is 0 Å². The number of likely N-dealkylation sites (tertiary alicyclic amines) is 2. The molecule has 7 rings (SSSR count). The summed E-state index contributed by atoms with van der Waals surface area (Å²) in [5.41, 5.74) is 4.90. The number of carbonyl (C=O) groups is 3. The highest BCUT2D eigenvalue weighted by molar-refractivity contribution is 5.91. The summed E-state index contributed by atoms with van der Waals surface area (Å²) in [6.07, 6.45) is 2.74. The second-order valence-corrected chi connectivity index (χ2v) is 13.6. The lowest BCUT2D eigenvalue weighted by molar-refractivity contribution is -0.142. The van der Waals surface area contributed by atoms with Crippen LogP contribution in [0.5, 0.6) is 5.75 Å². The minimum absolute atomic E-state index is 0.0284. The van der Waals surface area contributed by atoms with Crippen LogP contribution in [0.15, 0.2) is 36.4 Å². The van der Waals surface area contributed by atoms with Crippen molar-refractivity contribution in [3.05, 3.63) is 53.1 Å². The van der Waals surface area contributed by atoms with Crippen LogP contribution in [0, 0.1) is 6.92 Å². The number of morpholine rings is 1. The molecule has 0 aromatic heterocycles. The highest BCUT2D eigenvalue weighted by atomic mass is 16.6. The van der Waals surface area contributed by atoms with Crippen molar-refractivity contribution in [3.63, 3.8) is 0 Å². The van der Waals surface area contributed by atoms with Crippen molar-refractivity contribution in [1.82, 2.24) is 19.6 Å². The summed E-state index contributed by atoms with van der Waals surface area (Å²) < 4.78 is 17.6. The molecule has 0 aliphatic carbocycles. The summed E-state index contributed by atoms with van der Waals surface area (Å²) in [5.74, 6) is 0.622. The number of aryl methyl sites for hydroxylation is 1. The number of piperidine rings is 2. The largest absolute Gasteiger partial charge is 0.490 e. The number of nitrogens with zero attached hydrogens (tertiary/aromatic N) is 4. The van der Waals surface area contributed by atoms with Gasteiger partial charge in [0.15, 0.2) is 6.10 Å². The van der Waals surface area contributed by atoms with Crippen molar-refractivity contribution in [2.75, 3.05) is 82.8 Å². The summed E-state index contributed by atoms with van der Waals surface area (Å²) in [4.78, 5) is 48.8. The fourth-order valence-corrected chi connectivity index (χ4v) is 7.91. The predicted octanol–water partition coefficient (Wildman–Crippen LogP) is 3.72. The Balaban J connectivity index is 1.00. The monoisotopic (exact) mass is 660 g/mol. The molecule has 258 valence electrons. The molecule has 3 saturated heterocycles. The number of rotatable bonds is 6. The van der Waals surface area contributed by atoms with E-state index in [0.717, 1.165) is 85.9 Å². The summed E-state index contributed by atoms with van der Waals surface area (Å²) in [7, 11) is 0. The molecule has 0 bridgehead atoms. The molecule has 5 heterocycles. The number of carbonyl (C=O) groups excluding carboxylic acids is 3. The Bertz CT molecular complexity index is 1480. The zero-order valence-corrected chi connectivity index (χ0v) is 28.0. The van der Waals surface area contributed by atoms with Crippen LogP contribution in [0.1, 0.15) is 42.4 Å². The molecule has 12 nitrogen and oxygen atoms in total. The Morgan fingerprint density at radius 2 is 1.65 bits per heavy atom. The molecule has 5 aliphatic rings. The van der Waals surface area contributed by atoms with E-state index in [-0.39, 0.29) is 24.4 Å². The Hall–Kier alpha value is -4.03. The summed E-state index contributed by atoms with van der Waals surface area (Å²) in [6, 6.07) is 12.3. The van der Waals surface area contributed by atoms with Gasteiger partial charge in [-0.25, -0.2) is 9.59 Å². The molecule has 4 amide bonds. The van der Waals surface area contributed by atoms with Gasteiger partial charge in [-0.1, -0.05) is 24.3 Å². The van der Waals surface area contributed by atoms with Gasteiger partial charge in [-0.2, -0.15) is 0 Å². The van der Waals surface area contributed by atoms with E-state index in [0.29, 0.717) is 58.2 Å². The van der Waals surface area contributed by atoms with Crippen LogP contribution in [0.4, 0.5) is 21.0 Å². The molecule has 0 spiro atoms. The van der Waals surface area contributed by atoms with Gasteiger partial charge >= 0.3 is 12.1 Å². The van der Waals surface area contributed by atoms with E-state index in [9.17, 15) is 14.4 Å². The average molecular weight is 661 g/mol. The maximum absolute atomic E-state index is 14.1. The first-order valence-corrected chi connectivity index (χ1v) is 17.6. The SMILES string of the molecule is Cc1cc(C[C@@H](OC(=O)N2CCC(N3CCc4ccccc4NC3=O)CC2)C(=O)N2CCC(N3CCOCC3)CC2)cc2c1NCCO2. The smallest absolute Gasteiger partial charge is 0.410 e. The van der Waals surface area contributed by atoms with E-state index in [1.54, 1.807) is 4.90 Å². The number of nitrogens with one attached hydrogen (secondary N) is 2. The van der Waals surface area contributed by atoms with Crippen molar-refractivity contribution in [3.8, 4) is 5.75 Å². The van der Waals surface area contributed by atoms with Gasteiger partial charge in [-0.05, 0) is 67.9 Å². The van der Waals surface area contributed by atoms with Gasteiger partial charge in [0.1, 0.15) is 12.4 Å². The molecule has 5 aliphatic heterocycles. The normalized spacial score (nSPS) is 21.6. The highest BCUT2D eigenvalue weighted by Gasteiger charge is 2.36. The van der Waals surface area contributed by atoms with Crippen molar-refractivity contribution in [1.29, 1.82) is 0 Å². The number of amides is 4. The molecule has 48 heavy (non-hydrogen) atoms. The lowest BCUT2D eigenvalue weighted by atomic mass is 9.99. The van der Waals surface area contributed by atoms with Crippen molar-refractivity contribution in [2.24, 2.45) is 0 Å². The van der Waals surface area contributed by atoms with Crippen LogP contribution in [-0.2, 0) is 27.1 Å². The quantitative estimate of drug-likeness (QED) is 0.482. The van der Waals surface area contributed by atoms with Crippen LogP contribution in [0.3, 0.4) is 0 Å². The third-order valence-electron chi connectivity index (χ3n) is 10.6. The van der Waals surface area contributed by atoms with Crippen LogP contribution in [-0.4, -0.2) is 128 Å². The fraction of sp³-hybridized carbons (Fsp3) is 0.583. The minimum Gasteiger partial charge on any atom is -0.490 e. The lowest BCUT2D eigenvalue weighted by Crippen LogP contribution is -2.53. The second kappa shape index (κ2) is 14.6. The number of fused-ring (bicyclic) bond motifs is 2. The first-order chi connectivity index (χ1) is 23.4. The minimum atomic E-state index is -0.945. The molecule has 0 saturated carbocycles. The maximum Gasteiger partial charge on any atom is 0.410 e. The average Bonchev–Trinajstić information content (AvgIpc) is 3.29. The Morgan fingerprint density at radius 3 is 2.44 bits per heavy atom.